The lowest BCUT2D eigenvalue weighted by atomic mass is 10.3. The Kier molecular flexibility index (Phi) is 2.98. The average molecular weight is 283 g/mol. The standard InChI is InChI=1S/C8H8Cl2N2O3S/c9-6-3-11-12(8(13)7(6)10)5-1-2-16(14,15)4-5/h3,5H,1-2,4H2/t5-/m0/s1. The molecule has 1 aromatic rings. The van der Waals surface area contributed by atoms with Gasteiger partial charge in [-0.1, -0.05) is 23.2 Å². The molecule has 1 aliphatic heterocycles. The van der Waals surface area contributed by atoms with E-state index in [0.717, 1.165) is 4.68 Å². The number of halogens is 2. The number of sulfone groups is 1. The monoisotopic (exact) mass is 282 g/mol. The minimum atomic E-state index is -3.06. The van der Waals surface area contributed by atoms with Gasteiger partial charge in [-0.3, -0.25) is 4.79 Å². The first-order valence-electron chi connectivity index (χ1n) is 4.54. The van der Waals surface area contributed by atoms with Gasteiger partial charge in [-0.2, -0.15) is 5.10 Å². The molecular weight excluding hydrogens is 275 g/mol. The van der Waals surface area contributed by atoms with Gasteiger partial charge in [0, 0.05) is 0 Å². The van der Waals surface area contributed by atoms with Crippen molar-refractivity contribution < 1.29 is 8.42 Å². The van der Waals surface area contributed by atoms with Crippen LogP contribution in [0.2, 0.25) is 10.0 Å². The normalized spacial score (nSPS) is 23.5. The van der Waals surface area contributed by atoms with Crippen molar-refractivity contribution in [1.29, 1.82) is 0 Å². The van der Waals surface area contributed by atoms with E-state index in [1.807, 2.05) is 0 Å². The summed E-state index contributed by atoms with van der Waals surface area (Å²) in [5.41, 5.74) is -0.545. The molecular formula is C8H8Cl2N2O3S. The second-order valence-corrected chi connectivity index (χ2v) is 6.63. The summed E-state index contributed by atoms with van der Waals surface area (Å²) >= 11 is 11.3. The molecule has 0 N–H and O–H groups in total. The molecule has 0 aromatic carbocycles. The van der Waals surface area contributed by atoms with Gasteiger partial charge in [0.15, 0.2) is 9.84 Å². The molecule has 2 heterocycles. The minimum absolute atomic E-state index is 0.0716. The maximum atomic E-state index is 11.7. The molecule has 16 heavy (non-hydrogen) atoms. The Balaban J connectivity index is 2.44. The zero-order valence-electron chi connectivity index (χ0n) is 8.06. The van der Waals surface area contributed by atoms with Gasteiger partial charge >= 0.3 is 0 Å². The van der Waals surface area contributed by atoms with Crippen LogP contribution in [0.25, 0.3) is 0 Å². The molecule has 1 saturated heterocycles. The van der Waals surface area contributed by atoms with Crippen molar-refractivity contribution in [2.45, 2.75) is 12.5 Å². The molecule has 0 radical (unpaired) electrons. The first-order chi connectivity index (χ1) is 7.41. The Morgan fingerprint density at radius 2 is 2.12 bits per heavy atom. The molecule has 88 valence electrons. The molecule has 0 amide bonds. The highest BCUT2D eigenvalue weighted by atomic mass is 35.5. The van der Waals surface area contributed by atoms with E-state index in [4.69, 9.17) is 23.2 Å². The maximum Gasteiger partial charge on any atom is 0.287 e. The molecule has 0 unspecified atom stereocenters. The van der Waals surface area contributed by atoms with Crippen LogP contribution in [-0.2, 0) is 9.84 Å². The molecule has 1 fully saturated rings. The molecule has 1 atom stereocenters. The Labute approximate surface area is 102 Å². The Morgan fingerprint density at radius 3 is 2.69 bits per heavy atom. The molecule has 2 rings (SSSR count). The summed E-state index contributed by atoms with van der Waals surface area (Å²) in [6, 6.07) is -0.438. The van der Waals surface area contributed by atoms with E-state index in [0.29, 0.717) is 6.42 Å². The van der Waals surface area contributed by atoms with Gasteiger partial charge in [-0.25, -0.2) is 13.1 Å². The lowest BCUT2D eigenvalue weighted by Gasteiger charge is -2.10. The van der Waals surface area contributed by atoms with Gasteiger partial charge in [-0.15, -0.1) is 0 Å². The van der Waals surface area contributed by atoms with Gasteiger partial charge in [0.2, 0.25) is 0 Å². The quantitative estimate of drug-likeness (QED) is 0.768. The van der Waals surface area contributed by atoms with Crippen LogP contribution in [0.15, 0.2) is 11.0 Å². The van der Waals surface area contributed by atoms with Crippen molar-refractivity contribution in [3.8, 4) is 0 Å². The van der Waals surface area contributed by atoms with Crippen LogP contribution in [0.1, 0.15) is 12.5 Å². The molecule has 5 nitrogen and oxygen atoms in total. The van der Waals surface area contributed by atoms with E-state index in [-0.39, 0.29) is 21.6 Å². The molecule has 0 spiro atoms. The smallest absolute Gasteiger partial charge is 0.266 e. The summed E-state index contributed by atoms with van der Waals surface area (Å²) in [7, 11) is -3.06. The number of hydrogen-bond donors (Lipinski definition) is 0. The van der Waals surface area contributed by atoms with E-state index in [2.05, 4.69) is 5.10 Å². The van der Waals surface area contributed by atoms with E-state index in [1.165, 1.54) is 6.20 Å². The summed E-state index contributed by atoms with van der Waals surface area (Å²) < 4.78 is 23.6. The molecule has 1 aromatic heterocycles. The second-order valence-electron chi connectivity index (χ2n) is 3.61. The largest absolute Gasteiger partial charge is 0.287 e. The third-order valence-corrected chi connectivity index (χ3v) is 4.95. The summed E-state index contributed by atoms with van der Waals surface area (Å²) in [6.07, 6.45) is 1.63. The minimum Gasteiger partial charge on any atom is -0.266 e. The highest BCUT2D eigenvalue weighted by Gasteiger charge is 2.31. The van der Waals surface area contributed by atoms with E-state index in [9.17, 15) is 13.2 Å². The Morgan fingerprint density at radius 1 is 1.44 bits per heavy atom. The molecule has 0 aliphatic carbocycles. The fourth-order valence-corrected chi connectivity index (χ4v) is 3.60. The summed E-state index contributed by atoms with van der Waals surface area (Å²) in [5, 5.41) is 3.76. The second kappa shape index (κ2) is 4.01. The number of nitrogens with zero attached hydrogens (tertiary/aromatic N) is 2. The van der Waals surface area contributed by atoms with Gasteiger partial charge in [0.25, 0.3) is 5.56 Å². The maximum absolute atomic E-state index is 11.7. The van der Waals surface area contributed by atoms with E-state index < -0.39 is 21.4 Å². The Hall–Kier alpha value is -0.590. The number of aromatic nitrogens is 2. The van der Waals surface area contributed by atoms with Gasteiger partial charge in [0.05, 0.1) is 28.8 Å². The lowest BCUT2D eigenvalue weighted by molar-refractivity contribution is 0.474. The van der Waals surface area contributed by atoms with Crippen LogP contribution < -0.4 is 5.56 Å². The van der Waals surface area contributed by atoms with Crippen molar-refractivity contribution in [2.75, 3.05) is 11.5 Å². The fraction of sp³-hybridized carbons (Fsp3) is 0.500. The van der Waals surface area contributed by atoms with Crippen molar-refractivity contribution in [3.63, 3.8) is 0 Å². The lowest BCUT2D eigenvalue weighted by Crippen LogP contribution is -2.28. The topological polar surface area (TPSA) is 69.0 Å². The third-order valence-electron chi connectivity index (χ3n) is 2.46. The Bertz CT molecular complexity index is 581. The molecule has 0 saturated carbocycles. The predicted octanol–water partition coefficient (Wildman–Crippen LogP) is 0.910. The van der Waals surface area contributed by atoms with Crippen molar-refractivity contribution in [3.05, 3.63) is 26.6 Å². The van der Waals surface area contributed by atoms with E-state index in [1.54, 1.807) is 0 Å². The van der Waals surface area contributed by atoms with Crippen LogP contribution in [0, 0.1) is 0 Å². The summed E-state index contributed by atoms with van der Waals surface area (Å²) in [6.45, 7) is 0. The molecule has 1 aliphatic rings. The fourth-order valence-electron chi connectivity index (χ4n) is 1.65. The predicted molar refractivity (Wildman–Crippen MR) is 60.8 cm³/mol. The van der Waals surface area contributed by atoms with Crippen LogP contribution in [0.4, 0.5) is 0 Å². The third kappa shape index (κ3) is 2.09. The zero-order chi connectivity index (χ0) is 11.9. The van der Waals surface area contributed by atoms with Crippen molar-refractivity contribution >= 4 is 33.0 Å². The van der Waals surface area contributed by atoms with Gasteiger partial charge in [-0.05, 0) is 6.42 Å². The first kappa shape index (κ1) is 11.9. The van der Waals surface area contributed by atoms with Crippen LogP contribution in [0.3, 0.4) is 0 Å². The molecule has 0 bridgehead atoms. The highest BCUT2D eigenvalue weighted by Crippen LogP contribution is 2.23. The highest BCUT2D eigenvalue weighted by molar-refractivity contribution is 7.91. The molecule has 8 heteroatoms. The summed E-state index contributed by atoms with van der Waals surface area (Å²) in [4.78, 5) is 11.7. The number of rotatable bonds is 1. The SMILES string of the molecule is O=c1c(Cl)c(Cl)cnn1[C@H]1CCS(=O)(=O)C1. The van der Waals surface area contributed by atoms with E-state index >= 15 is 0 Å². The van der Waals surface area contributed by atoms with Crippen molar-refractivity contribution in [1.82, 2.24) is 9.78 Å². The first-order valence-corrected chi connectivity index (χ1v) is 7.12. The van der Waals surface area contributed by atoms with Crippen LogP contribution in [-0.4, -0.2) is 29.7 Å². The van der Waals surface area contributed by atoms with Gasteiger partial charge in [0.1, 0.15) is 5.02 Å². The number of hydrogen-bond acceptors (Lipinski definition) is 4. The average Bonchev–Trinajstić information content (AvgIpc) is 2.55. The zero-order valence-corrected chi connectivity index (χ0v) is 10.4. The van der Waals surface area contributed by atoms with Crippen LogP contribution in [0.5, 0.6) is 0 Å². The van der Waals surface area contributed by atoms with Crippen LogP contribution >= 0.6 is 23.2 Å². The van der Waals surface area contributed by atoms with Gasteiger partial charge < -0.3 is 0 Å². The summed E-state index contributed by atoms with van der Waals surface area (Å²) in [5.74, 6) is 0.00387. The van der Waals surface area contributed by atoms with Crippen molar-refractivity contribution in [2.24, 2.45) is 0 Å².